The molecule has 0 aromatic rings. The molecule has 14 heavy (non-hydrogen) atoms. The Bertz CT molecular complexity index is 173. The molecule has 3 N–H and O–H groups in total. The van der Waals surface area contributed by atoms with Crippen LogP contribution in [0, 0.1) is 0 Å². The summed E-state index contributed by atoms with van der Waals surface area (Å²) in [4.78, 5) is 0. The fraction of sp³-hybridized carbons (Fsp3) is 0.889. The molecule has 0 saturated heterocycles. The van der Waals surface area contributed by atoms with Gasteiger partial charge in [0.05, 0.1) is 12.7 Å². The number of hydrogen-bond acceptors (Lipinski definition) is 4. The summed E-state index contributed by atoms with van der Waals surface area (Å²) in [5.41, 5.74) is 5.44. The molecule has 0 aliphatic heterocycles. The summed E-state index contributed by atoms with van der Waals surface area (Å²) < 4.78 is 10.7. The zero-order chi connectivity index (χ0) is 11.0. The van der Waals surface area contributed by atoms with Crippen LogP contribution in [-0.2, 0) is 9.47 Å². The summed E-state index contributed by atoms with van der Waals surface area (Å²) in [7, 11) is 0. The van der Waals surface area contributed by atoms with Gasteiger partial charge in [-0.1, -0.05) is 12.1 Å². The van der Waals surface area contributed by atoms with Gasteiger partial charge < -0.3 is 20.4 Å². The van der Waals surface area contributed by atoms with Crippen LogP contribution < -0.4 is 5.73 Å². The van der Waals surface area contributed by atoms with Crippen molar-refractivity contribution in [2.75, 3.05) is 13.2 Å². The fourth-order valence-corrected chi connectivity index (χ4v) is 1.04. The van der Waals surface area contributed by atoms with Crippen molar-refractivity contribution in [3.63, 3.8) is 0 Å². The van der Waals surface area contributed by atoms with Crippen LogP contribution in [0.4, 0.5) is 0 Å². The molecule has 2 unspecified atom stereocenters. The first kappa shape index (κ1) is 13.2. The SMILES string of the molecule is CCOCC(C)OC(CC)C(N)=NO. The molecule has 5 nitrogen and oxygen atoms in total. The van der Waals surface area contributed by atoms with E-state index in [4.69, 9.17) is 20.4 Å². The van der Waals surface area contributed by atoms with Gasteiger partial charge in [0, 0.05) is 6.61 Å². The first-order valence-electron chi connectivity index (χ1n) is 4.86. The summed E-state index contributed by atoms with van der Waals surface area (Å²) in [6.07, 6.45) is 0.280. The van der Waals surface area contributed by atoms with Gasteiger partial charge in [-0.25, -0.2) is 0 Å². The van der Waals surface area contributed by atoms with Gasteiger partial charge in [0.1, 0.15) is 6.10 Å². The molecule has 0 rings (SSSR count). The van der Waals surface area contributed by atoms with E-state index in [2.05, 4.69) is 5.16 Å². The topological polar surface area (TPSA) is 77.1 Å². The Kier molecular flexibility index (Phi) is 7.14. The highest BCUT2D eigenvalue weighted by Gasteiger charge is 2.15. The van der Waals surface area contributed by atoms with Crippen molar-refractivity contribution in [3.05, 3.63) is 0 Å². The van der Waals surface area contributed by atoms with Gasteiger partial charge in [-0.2, -0.15) is 0 Å². The molecule has 0 heterocycles. The van der Waals surface area contributed by atoms with Crippen molar-refractivity contribution in [2.24, 2.45) is 10.9 Å². The minimum Gasteiger partial charge on any atom is -0.409 e. The average molecular weight is 204 g/mol. The molecule has 0 aromatic heterocycles. The molecule has 0 spiro atoms. The highest BCUT2D eigenvalue weighted by atomic mass is 16.5. The number of nitrogens with zero attached hydrogens (tertiary/aromatic N) is 1. The van der Waals surface area contributed by atoms with E-state index in [-0.39, 0.29) is 18.0 Å². The van der Waals surface area contributed by atoms with Crippen LogP contribution in [0.2, 0.25) is 0 Å². The highest BCUT2D eigenvalue weighted by molar-refractivity contribution is 5.84. The lowest BCUT2D eigenvalue weighted by Gasteiger charge is -2.19. The van der Waals surface area contributed by atoms with Crippen LogP contribution >= 0.6 is 0 Å². The Morgan fingerprint density at radius 2 is 2.14 bits per heavy atom. The zero-order valence-electron chi connectivity index (χ0n) is 9.06. The molecule has 0 aromatic carbocycles. The normalized spacial score (nSPS) is 16.6. The van der Waals surface area contributed by atoms with Gasteiger partial charge in [0.25, 0.3) is 0 Å². The monoisotopic (exact) mass is 204 g/mol. The van der Waals surface area contributed by atoms with Gasteiger partial charge in [0.15, 0.2) is 5.84 Å². The maximum absolute atomic E-state index is 8.48. The van der Waals surface area contributed by atoms with E-state index in [1.807, 2.05) is 20.8 Å². The Hall–Kier alpha value is -0.810. The number of rotatable bonds is 7. The van der Waals surface area contributed by atoms with Gasteiger partial charge in [0.2, 0.25) is 0 Å². The van der Waals surface area contributed by atoms with E-state index in [9.17, 15) is 0 Å². The highest BCUT2D eigenvalue weighted by Crippen LogP contribution is 2.03. The quantitative estimate of drug-likeness (QED) is 0.280. The lowest BCUT2D eigenvalue weighted by Crippen LogP contribution is -2.35. The molecule has 0 radical (unpaired) electrons. The molecule has 84 valence electrons. The van der Waals surface area contributed by atoms with Crippen molar-refractivity contribution < 1.29 is 14.7 Å². The summed E-state index contributed by atoms with van der Waals surface area (Å²) in [6, 6.07) is 0. The van der Waals surface area contributed by atoms with Crippen LogP contribution in [0.15, 0.2) is 5.16 Å². The number of amidine groups is 1. The van der Waals surface area contributed by atoms with Crippen molar-refractivity contribution in [3.8, 4) is 0 Å². The third-order valence-corrected chi connectivity index (χ3v) is 1.77. The summed E-state index contributed by atoms with van der Waals surface area (Å²) >= 11 is 0. The third-order valence-electron chi connectivity index (χ3n) is 1.77. The van der Waals surface area contributed by atoms with E-state index in [1.165, 1.54) is 0 Å². The predicted molar refractivity (Wildman–Crippen MR) is 54.5 cm³/mol. The van der Waals surface area contributed by atoms with Crippen molar-refractivity contribution >= 4 is 5.84 Å². The Morgan fingerprint density at radius 3 is 2.57 bits per heavy atom. The van der Waals surface area contributed by atoms with E-state index in [1.54, 1.807) is 0 Å². The molecule has 0 amide bonds. The van der Waals surface area contributed by atoms with Crippen LogP contribution in [-0.4, -0.2) is 36.5 Å². The molecule has 0 bridgehead atoms. The maximum atomic E-state index is 8.48. The second-order valence-corrected chi connectivity index (χ2v) is 3.03. The Labute approximate surface area is 84.9 Å². The number of ether oxygens (including phenoxy) is 2. The Morgan fingerprint density at radius 1 is 1.50 bits per heavy atom. The number of nitrogens with two attached hydrogens (primary N) is 1. The van der Waals surface area contributed by atoms with Crippen molar-refractivity contribution in [2.45, 2.75) is 39.4 Å². The largest absolute Gasteiger partial charge is 0.409 e. The summed E-state index contributed by atoms with van der Waals surface area (Å²) in [5.74, 6) is 0.107. The molecule has 5 heteroatoms. The lowest BCUT2D eigenvalue weighted by molar-refractivity contribution is -0.0241. The summed E-state index contributed by atoms with van der Waals surface area (Å²) in [5, 5.41) is 11.4. The molecule has 0 aliphatic carbocycles. The minimum atomic E-state index is -0.338. The van der Waals surface area contributed by atoms with Crippen molar-refractivity contribution in [1.29, 1.82) is 0 Å². The van der Waals surface area contributed by atoms with Crippen LogP contribution in [0.3, 0.4) is 0 Å². The lowest BCUT2D eigenvalue weighted by atomic mass is 10.2. The second-order valence-electron chi connectivity index (χ2n) is 3.03. The smallest absolute Gasteiger partial charge is 0.168 e. The standard InChI is InChI=1S/C9H20N2O3/c1-4-8(9(10)11-12)14-7(3)6-13-5-2/h7-8,12H,4-6H2,1-3H3,(H2,10,11). The first-order chi connectivity index (χ1) is 6.65. The van der Waals surface area contributed by atoms with E-state index in [0.29, 0.717) is 19.6 Å². The van der Waals surface area contributed by atoms with Gasteiger partial charge >= 0.3 is 0 Å². The van der Waals surface area contributed by atoms with E-state index in [0.717, 1.165) is 0 Å². The maximum Gasteiger partial charge on any atom is 0.168 e. The van der Waals surface area contributed by atoms with Crippen molar-refractivity contribution in [1.82, 2.24) is 0 Å². The number of oxime groups is 1. The average Bonchev–Trinajstić information content (AvgIpc) is 2.21. The molecule has 2 atom stereocenters. The fourth-order valence-electron chi connectivity index (χ4n) is 1.04. The predicted octanol–water partition coefficient (Wildman–Crippen LogP) is 0.953. The zero-order valence-corrected chi connectivity index (χ0v) is 9.06. The second kappa shape index (κ2) is 7.58. The molecule has 0 fully saturated rings. The molecular formula is C9H20N2O3. The van der Waals surface area contributed by atoms with Crippen LogP contribution in [0.25, 0.3) is 0 Å². The van der Waals surface area contributed by atoms with E-state index >= 15 is 0 Å². The first-order valence-corrected chi connectivity index (χ1v) is 4.86. The van der Waals surface area contributed by atoms with E-state index < -0.39 is 0 Å². The van der Waals surface area contributed by atoms with Crippen LogP contribution in [0.5, 0.6) is 0 Å². The minimum absolute atomic E-state index is 0.0554. The summed E-state index contributed by atoms with van der Waals surface area (Å²) in [6.45, 7) is 6.91. The van der Waals surface area contributed by atoms with Crippen LogP contribution in [0.1, 0.15) is 27.2 Å². The molecular weight excluding hydrogens is 184 g/mol. The third kappa shape index (κ3) is 5.04. The molecule has 0 aliphatic rings. The Balaban J connectivity index is 3.92. The van der Waals surface area contributed by atoms with Gasteiger partial charge in [-0.3, -0.25) is 0 Å². The number of hydrogen-bond donors (Lipinski definition) is 2. The van der Waals surface area contributed by atoms with Gasteiger partial charge in [-0.05, 0) is 20.3 Å². The van der Waals surface area contributed by atoms with Gasteiger partial charge in [-0.15, -0.1) is 0 Å². The molecule has 0 saturated carbocycles.